The lowest BCUT2D eigenvalue weighted by Crippen LogP contribution is -3.13. The first-order valence-electron chi connectivity index (χ1n) is 7.98. The fourth-order valence-electron chi connectivity index (χ4n) is 3.01. The molecule has 3 rings (SSSR count). The third kappa shape index (κ3) is 3.49. The van der Waals surface area contributed by atoms with Gasteiger partial charge in [0.2, 0.25) is 10.0 Å². The molecule has 6 heteroatoms. The van der Waals surface area contributed by atoms with Crippen molar-refractivity contribution in [3.63, 3.8) is 0 Å². The molecule has 5 nitrogen and oxygen atoms in total. The van der Waals surface area contributed by atoms with Crippen LogP contribution in [0.5, 0.6) is 0 Å². The van der Waals surface area contributed by atoms with Gasteiger partial charge in [0, 0.05) is 5.56 Å². The van der Waals surface area contributed by atoms with Crippen LogP contribution in [0.15, 0.2) is 59.5 Å². The van der Waals surface area contributed by atoms with Gasteiger partial charge in [0.05, 0.1) is 42.7 Å². The molecule has 0 atom stereocenters. The van der Waals surface area contributed by atoms with E-state index in [1.54, 1.807) is 28.6 Å². The van der Waals surface area contributed by atoms with Crippen molar-refractivity contribution < 1.29 is 13.3 Å². The van der Waals surface area contributed by atoms with E-state index in [2.05, 4.69) is 6.07 Å². The number of nitrogens with one attached hydrogen (secondary N) is 1. The van der Waals surface area contributed by atoms with Crippen molar-refractivity contribution in [3.05, 3.63) is 65.7 Å². The van der Waals surface area contributed by atoms with Crippen LogP contribution in [0, 0.1) is 11.3 Å². The van der Waals surface area contributed by atoms with Crippen LogP contribution in [0.25, 0.3) is 0 Å². The highest BCUT2D eigenvalue weighted by molar-refractivity contribution is 7.89. The van der Waals surface area contributed by atoms with Crippen molar-refractivity contribution in [2.45, 2.75) is 11.4 Å². The minimum atomic E-state index is -3.40. The van der Waals surface area contributed by atoms with E-state index in [4.69, 9.17) is 0 Å². The molecule has 1 saturated heterocycles. The Kier molecular flexibility index (Phi) is 4.95. The minimum absolute atomic E-state index is 0.350. The van der Waals surface area contributed by atoms with E-state index >= 15 is 0 Å². The Labute approximate surface area is 142 Å². The summed E-state index contributed by atoms with van der Waals surface area (Å²) in [5.41, 5.74) is 1.72. The molecule has 1 heterocycles. The lowest BCUT2D eigenvalue weighted by atomic mass is 10.1. The number of benzene rings is 2. The number of hydrogen-bond donors (Lipinski definition) is 1. The van der Waals surface area contributed by atoms with Crippen LogP contribution in [-0.4, -0.2) is 38.9 Å². The fourth-order valence-corrected chi connectivity index (χ4v) is 4.48. The molecule has 0 radical (unpaired) electrons. The fraction of sp³-hybridized carbons (Fsp3) is 0.278. The molecule has 1 fully saturated rings. The van der Waals surface area contributed by atoms with Crippen molar-refractivity contribution >= 4 is 10.0 Å². The summed E-state index contributed by atoms with van der Waals surface area (Å²) in [7, 11) is -3.40. The number of piperazine rings is 1. The van der Waals surface area contributed by atoms with Gasteiger partial charge >= 0.3 is 0 Å². The maximum Gasteiger partial charge on any atom is 0.243 e. The first-order valence-corrected chi connectivity index (χ1v) is 9.42. The zero-order valence-corrected chi connectivity index (χ0v) is 14.2. The third-order valence-electron chi connectivity index (χ3n) is 4.39. The molecule has 0 unspecified atom stereocenters. The molecular formula is C18H20N3O2S+. The summed E-state index contributed by atoms with van der Waals surface area (Å²) in [5.74, 6) is 0. The molecule has 0 aliphatic carbocycles. The predicted octanol–water partition coefficient (Wildman–Crippen LogP) is 0.648. The number of rotatable bonds is 4. The zero-order chi connectivity index (χ0) is 17.0. The van der Waals surface area contributed by atoms with Gasteiger partial charge in [-0.25, -0.2) is 8.42 Å². The van der Waals surface area contributed by atoms with Gasteiger partial charge in [-0.2, -0.15) is 9.57 Å². The molecule has 0 aromatic heterocycles. The van der Waals surface area contributed by atoms with Crippen LogP contribution >= 0.6 is 0 Å². The minimum Gasteiger partial charge on any atom is -0.329 e. The first-order chi connectivity index (χ1) is 11.6. The van der Waals surface area contributed by atoms with E-state index in [-0.39, 0.29) is 0 Å². The van der Waals surface area contributed by atoms with E-state index in [0.717, 1.165) is 25.2 Å². The van der Waals surface area contributed by atoms with Gasteiger partial charge in [0.15, 0.2) is 0 Å². The molecule has 0 bridgehead atoms. The lowest BCUT2D eigenvalue weighted by molar-refractivity contribution is -0.917. The summed E-state index contributed by atoms with van der Waals surface area (Å²) in [5, 5.41) is 9.18. The molecular weight excluding hydrogens is 322 g/mol. The second-order valence-electron chi connectivity index (χ2n) is 5.91. The average Bonchev–Trinajstić information content (AvgIpc) is 2.63. The molecule has 0 amide bonds. The molecule has 0 spiro atoms. The van der Waals surface area contributed by atoms with Crippen LogP contribution in [0.3, 0.4) is 0 Å². The number of hydrogen-bond acceptors (Lipinski definition) is 3. The summed E-state index contributed by atoms with van der Waals surface area (Å²) in [4.78, 5) is 1.65. The largest absolute Gasteiger partial charge is 0.329 e. The highest BCUT2D eigenvalue weighted by atomic mass is 32.2. The smallest absolute Gasteiger partial charge is 0.243 e. The Balaban J connectivity index is 1.65. The van der Waals surface area contributed by atoms with Gasteiger partial charge in [-0.15, -0.1) is 0 Å². The molecule has 24 heavy (non-hydrogen) atoms. The van der Waals surface area contributed by atoms with Crippen molar-refractivity contribution in [3.8, 4) is 6.07 Å². The predicted molar refractivity (Wildman–Crippen MR) is 90.8 cm³/mol. The Hall–Kier alpha value is -2.20. The van der Waals surface area contributed by atoms with Crippen molar-refractivity contribution in [2.75, 3.05) is 26.2 Å². The Bertz CT molecular complexity index is 836. The summed E-state index contributed by atoms with van der Waals surface area (Å²) < 4.78 is 26.8. The van der Waals surface area contributed by atoms with E-state index in [9.17, 15) is 13.7 Å². The standard InChI is InChI=1S/C18H19N3O2S/c19-14-16-6-4-5-7-17(16)15-20-10-12-21(13-11-20)24(22,23)18-8-2-1-3-9-18/h1-9H,10-13,15H2/p+1. The average molecular weight is 342 g/mol. The van der Waals surface area contributed by atoms with Gasteiger partial charge < -0.3 is 4.90 Å². The van der Waals surface area contributed by atoms with Crippen molar-refractivity contribution in [1.29, 1.82) is 5.26 Å². The Morgan fingerprint density at radius 2 is 1.62 bits per heavy atom. The monoisotopic (exact) mass is 342 g/mol. The summed E-state index contributed by atoms with van der Waals surface area (Å²) in [6, 6.07) is 18.4. The molecule has 2 aromatic carbocycles. The topological polar surface area (TPSA) is 65.6 Å². The number of nitriles is 1. The summed E-state index contributed by atoms with van der Waals surface area (Å²) in [6.45, 7) is 3.24. The van der Waals surface area contributed by atoms with E-state index in [0.29, 0.717) is 23.5 Å². The Morgan fingerprint density at radius 1 is 1.00 bits per heavy atom. The van der Waals surface area contributed by atoms with Crippen LogP contribution in [0.4, 0.5) is 0 Å². The van der Waals surface area contributed by atoms with E-state index < -0.39 is 10.0 Å². The molecule has 0 saturated carbocycles. The number of nitrogens with zero attached hydrogens (tertiary/aromatic N) is 2. The van der Waals surface area contributed by atoms with Crippen LogP contribution < -0.4 is 4.90 Å². The first kappa shape index (κ1) is 16.7. The number of sulfonamides is 1. The van der Waals surface area contributed by atoms with Gasteiger partial charge in [-0.1, -0.05) is 36.4 Å². The molecule has 1 N–H and O–H groups in total. The van der Waals surface area contributed by atoms with Crippen LogP contribution in [-0.2, 0) is 16.6 Å². The van der Waals surface area contributed by atoms with E-state index in [1.807, 2.05) is 30.3 Å². The lowest BCUT2D eigenvalue weighted by Gasteiger charge is -2.31. The zero-order valence-electron chi connectivity index (χ0n) is 13.4. The van der Waals surface area contributed by atoms with Crippen LogP contribution in [0.2, 0.25) is 0 Å². The summed E-state index contributed by atoms with van der Waals surface area (Å²) >= 11 is 0. The van der Waals surface area contributed by atoms with Gasteiger partial charge in [0.25, 0.3) is 0 Å². The highest BCUT2D eigenvalue weighted by Gasteiger charge is 2.30. The van der Waals surface area contributed by atoms with Gasteiger partial charge in [-0.05, 0) is 18.2 Å². The second kappa shape index (κ2) is 7.14. The molecule has 2 aromatic rings. The highest BCUT2D eigenvalue weighted by Crippen LogP contribution is 2.15. The third-order valence-corrected chi connectivity index (χ3v) is 6.30. The molecule has 124 valence electrons. The van der Waals surface area contributed by atoms with Gasteiger partial charge in [0.1, 0.15) is 6.54 Å². The second-order valence-corrected chi connectivity index (χ2v) is 7.85. The maximum atomic E-state index is 12.6. The van der Waals surface area contributed by atoms with Crippen molar-refractivity contribution in [1.82, 2.24) is 4.31 Å². The Morgan fingerprint density at radius 3 is 2.29 bits per heavy atom. The van der Waals surface area contributed by atoms with Crippen molar-refractivity contribution in [2.24, 2.45) is 0 Å². The quantitative estimate of drug-likeness (QED) is 0.887. The number of quaternary nitrogens is 1. The van der Waals surface area contributed by atoms with E-state index in [1.165, 1.54) is 4.90 Å². The maximum absolute atomic E-state index is 12.6. The summed E-state index contributed by atoms with van der Waals surface area (Å²) in [6.07, 6.45) is 0. The van der Waals surface area contributed by atoms with Gasteiger partial charge in [-0.3, -0.25) is 0 Å². The SMILES string of the molecule is N#Cc1ccccc1C[NH+]1CCN(S(=O)(=O)c2ccccc2)CC1. The normalized spacial score (nSPS) is 16.6. The molecule has 1 aliphatic heterocycles. The van der Waals surface area contributed by atoms with Crippen LogP contribution in [0.1, 0.15) is 11.1 Å². The molecule has 1 aliphatic rings.